The van der Waals surface area contributed by atoms with Crippen LogP contribution in [-0.2, 0) is 9.47 Å². The van der Waals surface area contributed by atoms with Crippen molar-refractivity contribution >= 4 is 22.6 Å². The number of carbonyl (C=O) groups is 1. The van der Waals surface area contributed by atoms with Crippen molar-refractivity contribution in [2.75, 3.05) is 31.7 Å². The van der Waals surface area contributed by atoms with Crippen LogP contribution < -0.4 is 10.1 Å². The second kappa shape index (κ2) is 12.0. The Bertz CT molecular complexity index is 997. The first-order valence-electron chi connectivity index (χ1n) is 10.7. The van der Waals surface area contributed by atoms with Gasteiger partial charge in [0, 0.05) is 30.6 Å². The lowest BCUT2D eigenvalue weighted by Crippen LogP contribution is -2.30. The fourth-order valence-electron chi connectivity index (χ4n) is 3.59. The van der Waals surface area contributed by atoms with E-state index < -0.39 is 18.3 Å². The van der Waals surface area contributed by atoms with Gasteiger partial charge in [-0.3, -0.25) is 5.32 Å². The van der Waals surface area contributed by atoms with Crippen LogP contribution in [0, 0.1) is 0 Å². The van der Waals surface area contributed by atoms with Crippen molar-refractivity contribution in [1.29, 1.82) is 0 Å². The maximum absolute atomic E-state index is 12.9. The number of nitrogens with one attached hydrogen (secondary N) is 1. The molecule has 170 valence electrons. The molecule has 0 saturated heterocycles. The summed E-state index contributed by atoms with van der Waals surface area (Å²) in [6, 6.07) is 20.5. The second-order valence-electron chi connectivity index (χ2n) is 7.09. The standard InChI is InChI=1S/C25H29NO6/c1-2-30-23(14-15-27)24(20-11-5-6-13-22(20)31-17-16-28)32-25(29)26-21-12-7-9-18-8-3-4-10-19(18)21/h3-13,23-24,27-28H,2,14-17H2,1H3,(H,26,29)/t23-,24-/m0/s1. The average Bonchev–Trinajstić information content (AvgIpc) is 2.82. The number of hydrogen-bond donors (Lipinski definition) is 3. The van der Waals surface area contributed by atoms with Crippen LogP contribution in [0.15, 0.2) is 66.7 Å². The SMILES string of the molecule is CCO[C@@H](CCO)[C@@H](OC(=O)Nc1cccc2ccccc12)c1ccccc1OCCO. The highest BCUT2D eigenvalue weighted by atomic mass is 16.6. The number of aliphatic hydroxyl groups excluding tert-OH is 2. The molecule has 0 radical (unpaired) electrons. The van der Waals surface area contributed by atoms with Crippen molar-refractivity contribution in [2.24, 2.45) is 0 Å². The minimum Gasteiger partial charge on any atom is -0.491 e. The first-order valence-corrected chi connectivity index (χ1v) is 10.7. The van der Waals surface area contributed by atoms with Crippen molar-refractivity contribution in [2.45, 2.75) is 25.6 Å². The van der Waals surface area contributed by atoms with Crippen molar-refractivity contribution in [1.82, 2.24) is 0 Å². The summed E-state index contributed by atoms with van der Waals surface area (Å²) < 4.78 is 17.3. The number of anilines is 1. The van der Waals surface area contributed by atoms with Crippen molar-refractivity contribution in [3.8, 4) is 5.75 Å². The summed E-state index contributed by atoms with van der Waals surface area (Å²) in [7, 11) is 0. The van der Waals surface area contributed by atoms with Gasteiger partial charge >= 0.3 is 6.09 Å². The molecule has 0 fully saturated rings. The largest absolute Gasteiger partial charge is 0.491 e. The first kappa shape index (κ1) is 23.5. The molecule has 0 unspecified atom stereocenters. The Morgan fingerprint density at radius 2 is 1.72 bits per heavy atom. The minimum absolute atomic E-state index is 0.102. The van der Waals surface area contributed by atoms with E-state index in [4.69, 9.17) is 19.3 Å². The molecule has 3 aromatic rings. The topological polar surface area (TPSA) is 97.2 Å². The van der Waals surface area contributed by atoms with E-state index in [0.29, 0.717) is 23.6 Å². The van der Waals surface area contributed by atoms with Crippen LogP contribution in [0.1, 0.15) is 25.0 Å². The van der Waals surface area contributed by atoms with Crippen LogP contribution in [0.25, 0.3) is 10.8 Å². The molecular weight excluding hydrogens is 410 g/mol. The van der Waals surface area contributed by atoms with Gasteiger partial charge in [-0.05, 0) is 24.4 Å². The average molecular weight is 440 g/mol. The molecule has 3 N–H and O–H groups in total. The van der Waals surface area contributed by atoms with Gasteiger partial charge in [-0.25, -0.2) is 4.79 Å². The van der Waals surface area contributed by atoms with E-state index in [1.54, 1.807) is 18.2 Å². The normalized spacial score (nSPS) is 12.8. The number of aliphatic hydroxyl groups is 2. The number of benzene rings is 3. The van der Waals surface area contributed by atoms with Crippen molar-refractivity contribution in [3.05, 3.63) is 72.3 Å². The molecule has 2 atom stereocenters. The van der Waals surface area contributed by atoms with Gasteiger partial charge in [0.1, 0.15) is 18.5 Å². The maximum Gasteiger partial charge on any atom is 0.412 e. The van der Waals surface area contributed by atoms with Gasteiger partial charge in [-0.1, -0.05) is 54.6 Å². The molecule has 3 aromatic carbocycles. The molecule has 0 aliphatic heterocycles. The number of para-hydroxylation sites is 1. The summed E-state index contributed by atoms with van der Waals surface area (Å²) in [5.74, 6) is 0.479. The van der Waals surface area contributed by atoms with Gasteiger partial charge < -0.3 is 24.4 Å². The third kappa shape index (κ3) is 5.97. The van der Waals surface area contributed by atoms with E-state index in [-0.39, 0.29) is 26.2 Å². The summed E-state index contributed by atoms with van der Waals surface area (Å²) in [6.07, 6.45) is -1.78. The lowest BCUT2D eigenvalue weighted by atomic mass is 10.0. The van der Waals surface area contributed by atoms with E-state index in [9.17, 15) is 9.90 Å². The Kier molecular flexibility index (Phi) is 8.86. The minimum atomic E-state index is -0.827. The fourth-order valence-corrected chi connectivity index (χ4v) is 3.59. The number of fused-ring (bicyclic) bond motifs is 1. The zero-order valence-electron chi connectivity index (χ0n) is 18.1. The molecular formula is C25H29NO6. The predicted octanol–water partition coefficient (Wildman–Crippen LogP) is 4.29. The molecule has 0 aliphatic rings. The Morgan fingerprint density at radius 1 is 0.969 bits per heavy atom. The maximum atomic E-state index is 12.9. The zero-order valence-corrected chi connectivity index (χ0v) is 18.1. The molecule has 0 bridgehead atoms. The summed E-state index contributed by atoms with van der Waals surface area (Å²) in [4.78, 5) is 12.9. The number of hydrogen-bond acceptors (Lipinski definition) is 6. The van der Waals surface area contributed by atoms with Gasteiger partial charge in [-0.15, -0.1) is 0 Å². The monoisotopic (exact) mass is 439 g/mol. The fraction of sp³-hybridized carbons (Fsp3) is 0.320. The summed E-state index contributed by atoms with van der Waals surface area (Å²) in [5, 5.41) is 23.4. The summed E-state index contributed by atoms with van der Waals surface area (Å²) in [6.45, 7) is 2.05. The van der Waals surface area contributed by atoms with Crippen LogP contribution in [0.2, 0.25) is 0 Å². The molecule has 1 amide bonds. The van der Waals surface area contributed by atoms with Gasteiger partial charge in [0.25, 0.3) is 0 Å². The Morgan fingerprint density at radius 3 is 2.50 bits per heavy atom. The lowest BCUT2D eigenvalue weighted by Gasteiger charge is -2.28. The van der Waals surface area contributed by atoms with E-state index >= 15 is 0 Å². The smallest absolute Gasteiger partial charge is 0.412 e. The molecule has 0 spiro atoms. The highest BCUT2D eigenvalue weighted by Gasteiger charge is 2.30. The van der Waals surface area contributed by atoms with Crippen LogP contribution in [0.4, 0.5) is 10.5 Å². The van der Waals surface area contributed by atoms with Crippen LogP contribution >= 0.6 is 0 Å². The predicted molar refractivity (Wildman–Crippen MR) is 123 cm³/mol. The Labute approximate surface area is 187 Å². The molecule has 7 nitrogen and oxygen atoms in total. The van der Waals surface area contributed by atoms with Gasteiger partial charge in [-0.2, -0.15) is 0 Å². The molecule has 0 aromatic heterocycles. The lowest BCUT2D eigenvalue weighted by molar-refractivity contribution is -0.0493. The molecule has 0 heterocycles. The third-order valence-electron chi connectivity index (χ3n) is 4.97. The summed E-state index contributed by atoms with van der Waals surface area (Å²) >= 11 is 0. The molecule has 0 saturated carbocycles. The Hall–Kier alpha value is -3.13. The molecule has 0 aliphatic carbocycles. The second-order valence-corrected chi connectivity index (χ2v) is 7.09. The van der Waals surface area contributed by atoms with Crippen LogP contribution in [-0.4, -0.2) is 48.8 Å². The zero-order chi connectivity index (χ0) is 22.8. The number of carbonyl (C=O) groups excluding carboxylic acids is 1. The number of amides is 1. The highest BCUT2D eigenvalue weighted by Crippen LogP contribution is 2.33. The number of ether oxygens (including phenoxy) is 3. The van der Waals surface area contributed by atoms with Crippen molar-refractivity contribution in [3.63, 3.8) is 0 Å². The quantitative estimate of drug-likeness (QED) is 0.412. The third-order valence-corrected chi connectivity index (χ3v) is 4.97. The van der Waals surface area contributed by atoms with Gasteiger partial charge in [0.15, 0.2) is 6.10 Å². The molecule has 7 heteroatoms. The Balaban J connectivity index is 1.89. The van der Waals surface area contributed by atoms with Crippen molar-refractivity contribution < 1.29 is 29.2 Å². The van der Waals surface area contributed by atoms with E-state index in [1.807, 2.05) is 55.5 Å². The summed E-state index contributed by atoms with van der Waals surface area (Å²) in [5.41, 5.74) is 1.23. The van der Waals surface area contributed by atoms with Crippen LogP contribution in [0.3, 0.4) is 0 Å². The molecule has 32 heavy (non-hydrogen) atoms. The van der Waals surface area contributed by atoms with Gasteiger partial charge in [0.2, 0.25) is 0 Å². The van der Waals surface area contributed by atoms with E-state index in [0.717, 1.165) is 10.8 Å². The highest BCUT2D eigenvalue weighted by molar-refractivity contribution is 6.00. The first-order chi connectivity index (χ1) is 15.7. The van der Waals surface area contributed by atoms with Crippen LogP contribution in [0.5, 0.6) is 5.75 Å². The molecule has 3 rings (SSSR count). The van der Waals surface area contributed by atoms with Gasteiger partial charge in [0.05, 0.1) is 12.3 Å². The number of rotatable bonds is 11. The van der Waals surface area contributed by atoms with E-state index in [1.165, 1.54) is 0 Å². The van der Waals surface area contributed by atoms with E-state index in [2.05, 4.69) is 5.32 Å².